The van der Waals surface area contributed by atoms with Crippen molar-refractivity contribution in [3.8, 4) is 0 Å². The highest BCUT2D eigenvalue weighted by atomic mass is 35.5. The van der Waals surface area contributed by atoms with Crippen molar-refractivity contribution in [2.24, 2.45) is 5.92 Å². The van der Waals surface area contributed by atoms with Gasteiger partial charge in [0.1, 0.15) is 5.82 Å². The van der Waals surface area contributed by atoms with E-state index in [2.05, 4.69) is 5.32 Å². The molecule has 1 aromatic rings. The topological polar surface area (TPSA) is 32.3 Å². The number of carbonyl (C=O) groups is 1. The molecule has 0 unspecified atom stereocenters. The first-order valence-electron chi connectivity index (χ1n) is 8.24. The summed E-state index contributed by atoms with van der Waals surface area (Å²) in [7, 11) is 0. The molecule has 0 bridgehead atoms. The number of hydrogen-bond acceptors (Lipinski definition) is 2. The third-order valence-electron chi connectivity index (χ3n) is 4.70. The summed E-state index contributed by atoms with van der Waals surface area (Å²) >= 11 is 0. The first-order chi connectivity index (χ1) is 11.3. The number of piperidine rings is 1. The number of likely N-dealkylation sites (tertiary alicyclic amines) is 1. The van der Waals surface area contributed by atoms with E-state index in [1.807, 2.05) is 0 Å². The van der Waals surface area contributed by atoms with Crippen LogP contribution in [0.25, 0.3) is 0 Å². The normalized spacial score (nSPS) is 18.8. The van der Waals surface area contributed by atoms with Gasteiger partial charge < -0.3 is 10.2 Å². The van der Waals surface area contributed by atoms with E-state index < -0.39 is 29.0 Å². The number of halogens is 5. The molecule has 1 N–H and O–H groups in total. The summed E-state index contributed by atoms with van der Waals surface area (Å²) in [5.74, 6) is -0.815. The number of nitrogens with one attached hydrogen (secondary N) is 1. The highest BCUT2D eigenvalue weighted by Gasteiger charge is 2.33. The molecular weight excluding hydrogens is 360 g/mol. The molecular formula is C17H21ClF4N2O. The summed E-state index contributed by atoms with van der Waals surface area (Å²) in [6.07, 6.45) is -0.598. The highest BCUT2D eigenvalue weighted by molar-refractivity contribution is 5.94. The van der Waals surface area contributed by atoms with E-state index in [-0.39, 0.29) is 12.4 Å². The van der Waals surface area contributed by atoms with Crippen molar-refractivity contribution in [1.82, 2.24) is 10.2 Å². The van der Waals surface area contributed by atoms with Gasteiger partial charge in [0, 0.05) is 19.1 Å². The van der Waals surface area contributed by atoms with Crippen LogP contribution in [0.15, 0.2) is 18.2 Å². The Morgan fingerprint density at radius 2 is 1.80 bits per heavy atom. The minimum absolute atomic E-state index is 0. The molecule has 0 spiro atoms. The number of amides is 1. The average Bonchev–Trinajstić information content (AvgIpc) is 3.36. The van der Waals surface area contributed by atoms with Crippen LogP contribution in [0.2, 0.25) is 0 Å². The van der Waals surface area contributed by atoms with Gasteiger partial charge >= 0.3 is 6.18 Å². The van der Waals surface area contributed by atoms with E-state index in [1.54, 1.807) is 0 Å². The molecule has 1 amide bonds. The molecule has 0 radical (unpaired) electrons. The van der Waals surface area contributed by atoms with Gasteiger partial charge in [0.05, 0.1) is 11.1 Å². The fraction of sp³-hybridized carbons (Fsp3) is 0.588. The molecule has 0 atom stereocenters. The molecule has 1 saturated carbocycles. The Labute approximate surface area is 150 Å². The Kier molecular flexibility index (Phi) is 6.32. The second-order valence-corrected chi connectivity index (χ2v) is 6.61. The van der Waals surface area contributed by atoms with Crippen molar-refractivity contribution in [2.45, 2.75) is 37.9 Å². The maximum atomic E-state index is 13.8. The van der Waals surface area contributed by atoms with Crippen LogP contribution in [0.3, 0.4) is 0 Å². The minimum atomic E-state index is -4.59. The number of carbonyl (C=O) groups excluding carboxylic acids is 1. The van der Waals surface area contributed by atoms with Crippen molar-refractivity contribution >= 4 is 18.3 Å². The summed E-state index contributed by atoms with van der Waals surface area (Å²) in [4.78, 5) is 13.8. The molecule has 0 aromatic heterocycles. The zero-order valence-corrected chi connectivity index (χ0v) is 14.4. The Morgan fingerprint density at radius 1 is 1.16 bits per heavy atom. The zero-order chi connectivity index (χ0) is 17.3. The monoisotopic (exact) mass is 380 g/mol. The number of nitrogens with zero attached hydrogens (tertiary/aromatic N) is 1. The molecule has 1 saturated heterocycles. The summed E-state index contributed by atoms with van der Waals surface area (Å²) in [5.41, 5.74) is -1.51. The molecule has 3 rings (SSSR count). The van der Waals surface area contributed by atoms with Crippen molar-refractivity contribution in [3.63, 3.8) is 0 Å². The van der Waals surface area contributed by atoms with Gasteiger partial charge in [0.2, 0.25) is 0 Å². The molecule has 2 aliphatic rings. The summed E-state index contributed by atoms with van der Waals surface area (Å²) in [5, 5.41) is 3.46. The Balaban J connectivity index is 0.00000225. The van der Waals surface area contributed by atoms with Gasteiger partial charge in [0.15, 0.2) is 0 Å². The van der Waals surface area contributed by atoms with E-state index in [1.165, 1.54) is 17.7 Å². The van der Waals surface area contributed by atoms with Crippen LogP contribution in [0.1, 0.15) is 41.6 Å². The lowest BCUT2D eigenvalue weighted by Crippen LogP contribution is -2.45. The predicted octanol–water partition coefficient (Wildman–Crippen LogP) is 3.87. The van der Waals surface area contributed by atoms with Gasteiger partial charge in [-0.2, -0.15) is 13.2 Å². The van der Waals surface area contributed by atoms with Gasteiger partial charge in [-0.3, -0.25) is 4.79 Å². The number of hydrogen-bond donors (Lipinski definition) is 1. The lowest BCUT2D eigenvalue weighted by atomic mass is 10.0. The number of alkyl halides is 3. The average molecular weight is 381 g/mol. The van der Waals surface area contributed by atoms with Crippen LogP contribution in [0.4, 0.5) is 17.6 Å². The molecule has 1 aliphatic heterocycles. The Bertz CT molecular complexity index is 611. The number of benzene rings is 1. The van der Waals surface area contributed by atoms with Gasteiger partial charge in [-0.05, 0) is 56.3 Å². The summed E-state index contributed by atoms with van der Waals surface area (Å²) in [6, 6.07) is 2.29. The fourth-order valence-electron chi connectivity index (χ4n) is 2.98. The Morgan fingerprint density at radius 3 is 2.36 bits per heavy atom. The summed E-state index contributed by atoms with van der Waals surface area (Å²) in [6.45, 7) is 1.84. The smallest absolute Gasteiger partial charge is 0.338 e. The summed E-state index contributed by atoms with van der Waals surface area (Å²) < 4.78 is 52.1. The highest BCUT2D eigenvalue weighted by Crippen LogP contribution is 2.31. The molecule has 3 nitrogen and oxygen atoms in total. The molecule has 1 heterocycles. The van der Waals surface area contributed by atoms with Gasteiger partial charge in [-0.15, -0.1) is 12.4 Å². The fourth-order valence-corrected chi connectivity index (χ4v) is 2.98. The largest absolute Gasteiger partial charge is 0.416 e. The molecule has 2 fully saturated rings. The minimum Gasteiger partial charge on any atom is -0.338 e. The van der Waals surface area contributed by atoms with E-state index in [0.29, 0.717) is 37.3 Å². The van der Waals surface area contributed by atoms with E-state index in [0.717, 1.165) is 25.3 Å². The molecule has 25 heavy (non-hydrogen) atoms. The van der Waals surface area contributed by atoms with Crippen LogP contribution < -0.4 is 5.32 Å². The van der Waals surface area contributed by atoms with Crippen LogP contribution in [0, 0.1) is 11.7 Å². The molecule has 1 aromatic carbocycles. The quantitative estimate of drug-likeness (QED) is 0.804. The van der Waals surface area contributed by atoms with Crippen molar-refractivity contribution in [2.75, 3.05) is 19.6 Å². The maximum absolute atomic E-state index is 13.8. The van der Waals surface area contributed by atoms with Crippen LogP contribution in [-0.4, -0.2) is 36.5 Å². The third-order valence-corrected chi connectivity index (χ3v) is 4.70. The first-order valence-corrected chi connectivity index (χ1v) is 8.24. The maximum Gasteiger partial charge on any atom is 0.416 e. The van der Waals surface area contributed by atoms with Crippen molar-refractivity contribution < 1.29 is 22.4 Å². The van der Waals surface area contributed by atoms with Crippen LogP contribution in [0.5, 0.6) is 0 Å². The second-order valence-electron chi connectivity index (χ2n) is 6.61. The lowest BCUT2D eigenvalue weighted by Gasteiger charge is -2.32. The first kappa shape index (κ1) is 20.0. The third kappa shape index (κ3) is 5.07. The second kappa shape index (κ2) is 7.91. The van der Waals surface area contributed by atoms with E-state index >= 15 is 0 Å². The predicted molar refractivity (Wildman–Crippen MR) is 88.3 cm³/mol. The lowest BCUT2D eigenvalue weighted by molar-refractivity contribution is -0.137. The van der Waals surface area contributed by atoms with Gasteiger partial charge in [0.25, 0.3) is 5.91 Å². The van der Waals surface area contributed by atoms with E-state index in [4.69, 9.17) is 0 Å². The SMILES string of the molecule is Cl.O=C(c1cc(C(F)(F)F)ccc1F)N1CCC(NCC2CC2)CC1. The molecule has 140 valence electrons. The Hall–Kier alpha value is -1.34. The zero-order valence-electron chi connectivity index (χ0n) is 13.6. The van der Waals surface area contributed by atoms with Crippen LogP contribution >= 0.6 is 12.4 Å². The van der Waals surface area contributed by atoms with E-state index in [9.17, 15) is 22.4 Å². The molecule has 8 heteroatoms. The van der Waals surface area contributed by atoms with Crippen LogP contribution in [-0.2, 0) is 6.18 Å². The standard InChI is InChI=1S/C17H20F4N2O.ClH/c18-15-4-3-12(17(19,20)21)9-14(15)16(24)23-7-5-13(6-8-23)22-10-11-1-2-11;/h3-4,9,11,13,22H,1-2,5-8,10H2;1H. The number of rotatable bonds is 4. The van der Waals surface area contributed by atoms with Crippen molar-refractivity contribution in [1.29, 1.82) is 0 Å². The van der Waals surface area contributed by atoms with Gasteiger partial charge in [-0.1, -0.05) is 0 Å². The van der Waals surface area contributed by atoms with Gasteiger partial charge in [-0.25, -0.2) is 4.39 Å². The van der Waals surface area contributed by atoms with Crippen molar-refractivity contribution in [3.05, 3.63) is 35.1 Å². The molecule has 1 aliphatic carbocycles.